The van der Waals surface area contributed by atoms with Gasteiger partial charge in [0, 0.05) is 11.8 Å². The molecule has 13 heavy (non-hydrogen) atoms. The first-order chi connectivity index (χ1) is 6.34. The summed E-state index contributed by atoms with van der Waals surface area (Å²) in [5, 5.41) is 1.96. The molecule has 3 rings (SSSR count). The van der Waals surface area contributed by atoms with Crippen molar-refractivity contribution in [2.24, 2.45) is 0 Å². The zero-order valence-electron chi connectivity index (χ0n) is 7.04. The van der Waals surface area contributed by atoms with E-state index in [0.29, 0.717) is 5.92 Å². The second kappa shape index (κ2) is 2.45. The molecule has 2 heterocycles. The van der Waals surface area contributed by atoms with Crippen molar-refractivity contribution in [3.8, 4) is 0 Å². The maximum atomic E-state index is 11.6. The molecule has 1 N–H and O–H groups in total. The number of nitrogens with one attached hydrogen (secondary N) is 1. The highest BCUT2D eigenvalue weighted by atomic mass is 32.1. The first kappa shape index (κ1) is 7.33. The van der Waals surface area contributed by atoms with Gasteiger partial charge < -0.3 is 4.98 Å². The highest BCUT2D eigenvalue weighted by Crippen LogP contribution is 2.38. The van der Waals surface area contributed by atoms with E-state index < -0.39 is 0 Å². The molecular formula is C10H9NOS. The molecular weight excluding hydrogens is 182 g/mol. The van der Waals surface area contributed by atoms with E-state index in [1.165, 1.54) is 24.2 Å². The second-order valence-electron chi connectivity index (χ2n) is 3.53. The molecule has 1 saturated carbocycles. The minimum atomic E-state index is 0.172. The Bertz CT molecular complexity index is 507. The number of aromatic nitrogens is 1. The van der Waals surface area contributed by atoms with Crippen molar-refractivity contribution in [2.75, 3.05) is 0 Å². The quantitative estimate of drug-likeness (QED) is 0.738. The summed E-state index contributed by atoms with van der Waals surface area (Å²) in [5.41, 5.74) is 2.29. The van der Waals surface area contributed by atoms with Gasteiger partial charge in [0.15, 0.2) is 5.43 Å². The first-order valence-corrected chi connectivity index (χ1v) is 5.33. The normalized spacial score (nSPS) is 16.6. The molecule has 0 bridgehead atoms. The van der Waals surface area contributed by atoms with Crippen molar-refractivity contribution in [1.29, 1.82) is 0 Å². The summed E-state index contributed by atoms with van der Waals surface area (Å²) in [4.78, 5) is 14.9. The number of rotatable bonds is 1. The van der Waals surface area contributed by atoms with Gasteiger partial charge in [-0.25, -0.2) is 0 Å². The third-order valence-electron chi connectivity index (χ3n) is 2.47. The molecule has 0 atom stereocenters. The zero-order valence-corrected chi connectivity index (χ0v) is 7.86. The summed E-state index contributed by atoms with van der Waals surface area (Å²) in [7, 11) is 0. The molecule has 1 aliphatic carbocycles. The lowest BCUT2D eigenvalue weighted by Crippen LogP contribution is -2.01. The summed E-state index contributed by atoms with van der Waals surface area (Å²) in [6, 6.07) is 3.74. The Morgan fingerprint density at radius 3 is 3.08 bits per heavy atom. The Morgan fingerprint density at radius 1 is 1.46 bits per heavy atom. The van der Waals surface area contributed by atoms with Crippen molar-refractivity contribution >= 4 is 21.6 Å². The van der Waals surface area contributed by atoms with Crippen LogP contribution < -0.4 is 5.43 Å². The Labute approximate surface area is 79.2 Å². The molecule has 3 heteroatoms. The van der Waals surface area contributed by atoms with Crippen LogP contribution in [0.2, 0.25) is 0 Å². The van der Waals surface area contributed by atoms with Gasteiger partial charge in [-0.3, -0.25) is 4.79 Å². The molecule has 66 valence electrons. The molecule has 1 fully saturated rings. The molecule has 0 aliphatic heterocycles. The molecule has 0 spiro atoms. The number of H-pyrrole nitrogens is 1. The van der Waals surface area contributed by atoms with Crippen LogP contribution in [-0.4, -0.2) is 4.98 Å². The van der Waals surface area contributed by atoms with E-state index >= 15 is 0 Å². The molecule has 0 unspecified atom stereocenters. The average Bonchev–Trinajstić information content (AvgIpc) is 2.85. The van der Waals surface area contributed by atoms with Crippen molar-refractivity contribution in [3.05, 3.63) is 33.4 Å². The van der Waals surface area contributed by atoms with Crippen LogP contribution in [0.3, 0.4) is 0 Å². The van der Waals surface area contributed by atoms with Crippen molar-refractivity contribution in [3.63, 3.8) is 0 Å². The van der Waals surface area contributed by atoms with Crippen LogP contribution in [0.5, 0.6) is 0 Å². The van der Waals surface area contributed by atoms with Gasteiger partial charge in [0.25, 0.3) is 0 Å². The topological polar surface area (TPSA) is 32.9 Å². The molecule has 0 amide bonds. The highest BCUT2D eigenvalue weighted by molar-refractivity contribution is 7.17. The third-order valence-corrected chi connectivity index (χ3v) is 3.40. The van der Waals surface area contributed by atoms with Gasteiger partial charge in [-0.1, -0.05) is 0 Å². The smallest absolute Gasteiger partial charge is 0.199 e. The van der Waals surface area contributed by atoms with E-state index in [-0.39, 0.29) is 5.43 Å². The van der Waals surface area contributed by atoms with Crippen LogP contribution in [0.15, 0.2) is 22.3 Å². The van der Waals surface area contributed by atoms with Crippen LogP contribution in [0.4, 0.5) is 0 Å². The van der Waals surface area contributed by atoms with E-state index in [0.717, 1.165) is 15.9 Å². The fourth-order valence-corrected chi connectivity index (χ4v) is 2.37. The van der Waals surface area contributed by atoms with Gasteiger partial charge in [0.05, 0.1) is 10.2 Å². The van der Waals surface area contributed by atoms with Gasteiger partial charge in [-0.15, -0.1) is 11.3 Å². The SMILES string of the molecule is O=c1cc(C2CC2)[nH]c2ccsc12. The van der Waals surface area contributed by atoms with E-state index in [1.807, 2.05) is 11.4 Å². The number of pyridine rings is 1. The number of fused-ring (bicyclic) bond motifs is 1. The summed E-state index contributed by atoms with van der Waals surface area (Å²) in [5.74, 6) is 0.622. The minimum absolute atomic E-state index is 0.172. The zero-order chi connectivity index (χ0) is 8.84. The van der Waals surface area contributed by atoms with Crippen molar-refractivity contribution < 1.29 is 0 Å². The second-order valence-corrected chi connectivity index (χ2v) is 4.44. The largest absolute Gasteiger partial charge is 0.357 e. The Balaban J connectivity index is 2.33. The lowest BCUT2D eigenvalue weighted by molar-refractivity contribution is 1.04. The van der Waals surface area contributed by atoms with Gasteiger partial charge in [0.2, 0.25) is 0 Å². The van der Waals surface area contributed by atoms with E-state index in [4.69, 9.17) is 0 Å². The molecule has 1 aliphatic rings. The fraction of sp³-hybridized carbons (Fsp3) is 0.300. The van der Waals surface area contributed by atoms with Crippen LogP contribution in [0.25, 0.3) is 10.2 Å². The van der Waals surface area contributed by atoms with Gasteiger partial charge >= 0.3 is 0 Å². The molecule has 0 saturated heterocycles. The Morgan fingerprint density at radius 2 is 2.31 bits per heavy atom. The van der Waals surface area contributed by atoms with E-state index in [1.54, 1.807) is 6.07 Å². The van der Waals surface area contributed by atoms with Crippen LogP contribution >= 0.6 is 11.3 Å². The van der Waals surface area contributed by atoms with Crippen LogP contribution in [-0.2, 0) is 0 Å². The molecule has 0 radical (unpaired) electrons. The lowest BCUT2D eigenvalue weighted by atomic mass is 10.2. The van der Waals surface area contributed by atoms with Crippen LogP contribution in [0.1, 0.15) is 24.5 Å². The van der Waals surface area contributed by atoms with Crippen molar-refractivity contribution in [1.82, 2.24) is 4.98 Å². The predicted molar refractivity (Wildman–Crippen MR) is 54.4 cm³/mol. The number of hydrogen-bond acceptors (Lipinski definition) is 2. The Hall–Kier alpha value is -1.09. The van der Waals surface area contributed by atoms with Crippen molar-refractivity contribution in [2.45, 2.75) is 18.8 Å². The average molecular weight is 191 g/mol. The summed E-state index contributed by atoms with van der Waals surface area (Å²) in [6.45, 7) is 0. The molecule has 0 aromatic carbocycles. The van der Waals surface area contributed by atoms with Gasteiger partial charge in [0.1, 0.15) is 0 Å². The summed E-state index contributed by atoms with van der Waals surface area (Å²) in [6.07, 6.45) is 2.46. The predicted octanol–water partition coefficient (Wildman–Crippen LogP) is 2.47. The number of aromatic amines is 1. The van der Waals surface area contributed by atoms with Gasteiger partial charge in [-0.2, -0.15) is 0 Å². The maximum absolute atomic E-state index is 11.6. The Kier molecular flexibility index (Phi) is 1.38. The van der Waals surface area contributed by atoms with E-state index in [2.05, 4.69) is 4.98 Å². The summed E-state index contributed by atoms with van der Waals surface area (Å²) >= 11 is 1.51. The standard InChI is InChI=1S/C10H9NOS/c12-9-5-8(6-1-2-6)11-7-3-4-13-10(7)9/h3-6H,1-2H2,(H,11,12). The van der Waals surface area contributed by atoms with Crippen LogP contribution in [0, 0.1) is 0 Å². The molecule has 2 aromatic heterocycles. The van der Waals surface area contributed by atoms with E-state index in [9.17, 15) is 4.79 Å². The maximum Gasteiger partial charge on any atom is 0.199 e. The summed E-state index contributed by atoms with van der Waals surface area (Å²) < 4.78 is 0.851. The van der Waals surface area contributed by atoms with Gasteiger partial charge in [-0.05, 0) is 30.2 Å². The fourth-order valence-electron chi connectivity index (χ4n) is 1.61. The molecule has 2 nitrogen and oxygen atoms in total. The molecule has 2 aromatic rings. The lowest BCUT2D eigenvalue weighted by Gasteiger charge is -1.97. The number of thiophene rings is 1. The highest BCUT2D eigenvalue weighted by Gasteiger charge is 2.24. The first-order valence-electron chi connectivity index (χ1n) is 4.45. The third kappa shape index (κ3) is 1.11. The monoisotopic (exact) mass is 191 g/mol. The minimum Gasteiger partial charge on any atom is -0.357 e. The number of hydrogen-bond donors (Lipinski definition) is 1.